The first kappa shape index (κ1) is 19.7. The fourth-order valence-corrected chi connectivity index (χ4v) is 6.04. The Labute approximate surface area is 182 Å². The van der Waals surface area contributed by atoms with Gasteiger partial charge >= 0.3 is 0 Å². The molecule has 0 aromatic heterocycles. The lowest BCUT2D eigenvalue weighted by molar-refractivity contribution is -0.127. The average Bonchev–Trinajstić information content (AvgIpc) is 3.07. The molecule has 1 amide bonds. The van der Waals surface area contributed by atoms with Gasteiger partial charge in [-0.05, 0) is 48.2 Å². The average molecular weight is 431 g/mol. The Balaban J connectivity index is 1.67. The molecule has 5 rings (SSSR count). The van der Waals surface area contributed by atoms with Gasteiger partial charge in [0.2, 0.25) is 15.9 Å². The van der Waals surface area contributed by atoms with Gasteiger partial charge in [0.25, 0.3) is 0 Å². The third-order valence-corrected chi connectivity index (χ3v) is 7.79. The van der Waals surface area contributed by atoms with Crippen molar-refractivity contribution in [3.05, 3.63) is 107 Å². The van der Waals surface area contributed by atoms with Crippen LogP contribution in [0, 0.1) is 6.92 Å². The molecule has 0 spiro atoms. The maximum atomic E-state index is 13.9. The second kappa shape index (κ2) is 7.48. The van der Waals surface area contributed by atoms with Crippen LogP contribution in [0.15, 0.2) is 90.0 Å². The quantitative estimate of drug-likeness (QED) is 0.626. The van der Waals surface area contributed by atoms with Gasteiger partial charge in [0.05, 0.1) is 4.90 Å². The molecular formula is C25H22N2O3S. The summed E-state index contributed by atoms with van der Waals surface area (Å²) in [5.74, 6) is -0.213. The Morgan fingerprint density at radius 1 is 0.871 bits per heavy atom. The fraction of sp³-hybridized carbons (Fsp3) is 0.160. The van der Waals surface area contributed by atoms with E-state index in [0.29, 0.717) is 6.42 Å². The SMILES string of the molecule is Cc1ccc(S(=O)(=O)N2[C@@H]3c4ccccc4C=CN3C(=O)[C@@H]2Cc2ccccc2)cc1. The van der Waals surface area contributed by atoms with Gasteiger partial charge in [-0.1, -0.05) is 72.3 Å². The minimum atomic E-state index is -3.93. The van der Waals surface area contributed by atoms with Crippen LogP contribution < -0.4 is 0 Å². The smallest absolute Gasteiger partial charge is 0.247 e. The summed E-state index contributed by atoms with van der Waals surface area (Å²) in [6.07, 6.45) is 3.19. The van der Waals surface area contributed by atoms with E-state index in [4.69, 9.17) is 0 Å². The zero-order valence-electron chi connectivity index (χ0n) is 17.0. The summed E-state index contributed by atoms with van der Waals surface area (Å²) in [4.78, 5) is 15.2. The molecule has 1 saturated heterocycles. The van der Waals surface area contributed by atoms with Crippen molar-refractivity contribution in [1.29, 1.82) is 0 Å². The summed E-state index contributed by atoms with van der Waals surface area (Å²) in [5, 5.41) is 0. The van der Waals surface area contributed by atoms with E-state index in [2.05, 4.69) is 0 Å². The number of hydrogen-bond acceptors (Lipinski definition) is 3. The van der Waals surface area contributed by atoms with Crippen molar-refractivity contribution in [2.24, 2.45) is 0 Å². The Hall–Kier alpha value is -3.22. The van der Waals surface area contributed by atoms with Crippen molar-refractivity contribution in [2.45, 2.75) is 30.4 Å². The summed E-state index contributed by atoms with van der Waals surface area (Å²) in [5.41, 5.74) is 3.62. The summed E-state index contributed by atoms with van der Waals surface area (Å²) >= 11 is 0. The predicted molar refractivity (Wildman–Crippen MR) is 119 cm³/mol. The Kier molecular flexibility index (Phi) is 4.76. The highest BCUT2D eigenvalue weighted by molar-refractivity contribution is 7.89. The number of carbonyl (C=O) groups is 1. The van der Waals surface area contributed by atoms with Crippen LogP contribution in [0.4, 0.5) is 0 Å². The van der Waals surface area contributed by atoms with Crippen molar-refractivity contribution in [3.63, 3.8) is 0 Å². The predicted octanol–water partition coefficient (Wildman–Crippen LogP) is 4.12. The number of amides is 1. The first-order valence-corrected chi connectivity index (χ1v) is 11.6. The molecular weight excluding hydrogens is 408 g/mol. The standard InChI is InChI=1S/C25H22N2O3S/c1-18-11-13-21(14-12-18)31(29,30)27-23(17-19-7-3-2-4-8-19)25(28)26-16-15-20-9-5-6-10-22(20)24(26)27/h2-16,23-24H,17H2,1H3/t23-,24+/m0/s1. The van der Waals surface area contributed by atoms with Crippen LogP contribution in [0.2, 0.25) is 0 Å². The molecule has 6 heteroatoms. The molecule has 0 aliphatic carbocycles. The van der Waals surface area contributed by atoms with Gasteiger partial charge in [0.15, 0.2) is 0 Å². The summed E-state index contributed by atoms with van der Waals surface area (Å²) in [6, 6.07) is 23.1. The van der Waals surface area contributed by atoms with E-state index in [1.54, 1.807) is 35.4 Å². The lowest BCUT2D eigenvalue weighted by Crippen LogP contribution is -2.41. The molecule has 5 nitrogen and oxygen atoms in total. The van der Waals surface area contributed by atoms with Gasteiger partial charge in [-0.25, -0.2) is 8.42 Å². The molecule has 0 N–H and O–H groups in total. The van der Waals surface area contributed by atoms with Crippen LogP contribution in [-0.2, 0) is 21.2 Å². The fourth-order valence-electron chi connectivity index (χ4n) is 4.34. The van der Waals surface area contributed by atoms with Crippen LogP contribution >= 0.6 is 0 Å². The minimum Gasteiger partial charge on any atom is -0.296 e. The van der Waals surface area contributed by atoms with Crippen molar-refractivity contribution in [2.75, 3.05) is 0 Å². The number of carbonyl (C=O) groups excluding carboxylic acids is 1. The first-order chi connectivity index (χ1) is 15.0. The molecule has 0 unspecified atom stereocenters. The minimum absolute atomic E-state index is 0.192. The molecule has 2 aliphatic heterocycles. The van der Waals surface area contributed by atoms with E-state index in [0.717, 1.165) is 22.3 Å². The number of hydrogen-bond donors (Lipinski definition) is 0. The van der Waals surface area contributed by atoms with E-state index < -0.39 is 22.2 Å². The van der Waals surface area contributed by atoms with Crippen molar-refractivity contribution < 1.29 is 13.2 Å². The summed E-state index contributed by atoms with van der Waals surface area (Å²) in [7, 11) is -3.93. The Morgan fingerprint density at radius 3 is 2.29 bits per heavy atom. The van der Waals surface area contributed by atoms with E-state index in [1.165, 1.54) is 4.31 Å². The molecule has 0 bridgehead atoms. The molecule has 2 heterocycles. The molecule has 2 aliphatic rings. The number of rotatable bonds is 4. The summed E-state index contributed by atoms with van der Waals surface area (Å²) < 4.78 is 29.2. The number of nitrogens with zero attached hydrogens (tertiary/aromatic N) is 2. The van der Waals surface area contributed by atoms with Gasteiger partial charge in [0, 0.05) is 6.20 Å². The normalized spacial score (nSPS) is 20.5. The third-order valence-electron chi connectivity index (χ3n) is 5.91. The van der Waals surface area contributed by atoms with Gasteiger partial charge in [0.1, 0.15) is 12.2 Å². The molecule has 1 fully saturated rings. The van der Waals surface area contributed by atoms with Crippen LogP contribution in [0.25, 0.3) is 6.08 Å². The zero-order chi connectivity index (χ0) is 21.6. The Bertz CT molecular complexity index is 1270. The van der Waals surface area contributed by atoms with Gasteiger partial charge in [-0.15, -0.1) is 0 Å². The maximum absolute atomic E-state index is 13.9. The van der Waals surface area contributed by atoms with E-state index >= 15 is 0 Å². The first-order valence-electron chi connectivity index (χ1n) is 10.2. The van der Waals surface area contributed by atoms with Crippen molar-refractivity contribution in [1.82, 2.24) is 9.21 Å². The molecule has 2 atom stereocenters. The molecule has 31 heavy (non-hydrogen) atoms. The highest BCUT2D eigenvalue weighted by Gasteiger charge is 2.53. The van der Waals surface area contributed by atoms with Gasteiger partial charge < -0.3 is 0 Å². The van der Waals surface area contributed by atoms with Crippen LogP contribution in [-0.4, -0.2) is 29.6 Å². The van der Waals surface area contributed by atoms with Crippen molar-refractivity contribution >= 4 is 22.0 Å². The molecule has 0 radical (unpaired) electrons. The van der Waals surface area contributed by atoms with Crippen LogP contribution in [0.1, 0.15) is 28.4 Å². The van der Waals surface area contributed by atoms with Gasteiger partial charge in [-0.2, -0.15) is 4.31 Å². The monoisotopic (exact) mass is 430 g/mol. The second-order valence-electron chi connectivity index (χ2n) is 7.92. The van der Waals surface area contributed by atoms with E-state index in [9.17, 15) is 13.2 Å². The lowest BCUT2D eigenvalue weighted by atomic mass is 10.0. The number of sulfonamides is 1. The number of benzene rings is 3. The lowest BCUT2D eigenvalue weighted by Gasteiger charge is -2.32. The largest absolute Gasteiger partial charge is 0.296 e. The highest BCUT2D eigenvalue weighted by Crippen LogP contribution is 2.43. The van der Waals surface area contributed by atoms with Crippen molar-refractivity contribution in [3.8, 4) is 0 Å². The molecule has 0 saturated carbocycles. The maximum Gasteiger partial charge on any atom is 0.247 e. The topological polar surface area (TPSA) is 57.7 Å². The zero-order valence-corrected chi connectivity index (χ0v) is 17.9. The van der Waals surface area contributed by atoms with E-state index in [-0.39, 0.29) is 10.8 Å². The molecule has 156 valence electrons. The van der Waals surface area contributed by atoms with Crippen LogP contribution in [0.3, 0.4) is 0 Å². The van der Waals surface area contributed by atoms with Gasteiger partial charge in [-0.3, -0.25) is 9.69 Å². The van der Waals surface area contributed by atoms with E-state index in [1.807, 2.05) is 67.6 Å². The number of aryl methyl sites for hydroxylation is 1. The second-order valence-corrected chi connectivity index (χ2v) is 9.76. The Morgan fingerprint density at radius 2 is 1.55 bits per heavy atom. The highest BCUT2D eigenvalue weighted by atomic mass is 32.2. The molecule has 3 aromatic carbocycles. The number of fused-ring (bicyclic) bond motifs is 3. The van der Waals surface area contributed by atoms with Crippen LogP contribution in [0.5, 0.6) is 0 Å². The molecule has 3 aromatic rings. The summed E-state index contributed by atoms with van der Waals surface area (Å²) in [6.45, 7) is 1.91. The third kappa shape index (κ3) is 3.28.